The number of rotatable bonds is 4. The number of aliphatic hydroxyl groups excluding tert-OH is 1. The summed E-state index contributed by atoms with van der Waals surface area (Å²) in [4.78, 5) is 0. The number of methoxy groups -OCH3 is 1. The van der Waals surface area contributed by atoms with Crippen molar-refractivity contribution in [2.45, 2.75) is 37.6 Å². The van der Waals surface area contributed by atoms with Crippen LogP contribution in [0.1, 0.15) is 6.42 Å². The minimum atomic E-state index is -1.06. The van der Waals surface area contributed by atoms with Gasteiger partial charge in [-0.3, -0.25) is 0 Å². The minimum absolute atomic E-state index is 0.00762. The fraction of sp³-hybridized carbons (Fsp3) is 1.00. The molecule has 1 unspecified atom stereocenters. The Morgan fingerprint density at radius 2 is 2.31 bits per heavy atom. The molecule has 1 heterocycles. The Labute approximate surface area is 78.5 Å². The first-order chi connectivity index (χ1) is 6.24. The lowest BCUT2D eigenvalue weighted by molar-refractivity contribution is -0.00862. The molecule has 1 rings (SSSR count). The maximum Gasteiger partial charge on any atom is 0.158 e. The smallest absolute Gasteiger partial charge is 0.158 e. The summed E-state index contributed by atoms with van der Waals surface area (Å²) in [5, 5.41) is 8.73. The van der Waals surface area contributed by atoms with Crippen molar-refractivity contribution in [3.8, 4) is 0 Å². The molecule has 1 aliphatic rings. The van der Waals surface area contributed by atoms with Gasteiger partial charge >= 0.3 is 0 Å². The van der Waals surface area contributed by atoms with E-state index < -0.39 is 12.3 Å². The summed E-state index contributed by atoms with van der Waals surface area (Å²) in [5.74, 6) is 0. The normalized spacial score (nSPS) is 39.4. The highest BCUT2D eigenvalue weighted by Gasteiger charge is 2.43. The van der Waals surface area contributed by atoms with Crippen molar-refractivity contribution in [1.82, 2.24) is 0 Å². The van der Waals surface area contributed by atoms with Crippen LogP contribution < -0.4 is 0 Å². The fourth-order valence-corrected chi connectivity index (χ4v) is 1.76. The number of hydrogen-bond donors (Lipinski definition) is 1. The average molecular weight is 190 g/mol. The SMILES string of the molecule is CB[C@@H]1O[C@H](CCO)[C@H](OC)C1F. The predicted molar refractivity (Wildman–Crippen MR) is 49.1 cm³/mol. The Kier molecular flexibility index (Phi) is 4.16. The van der Waals surface area contributed by atoms with Crippen LogP contribution in [0.25, 0.3) is 0 Å². The number of ether oxygens (including phenoxy) is 2. The summed E-state index contributed by atoms with van der Waals surface area (Å²) in [6.45, 7) is 1.89. The number of alkyl halides is 1. The molecule has 5 heteroatoms. The van der Waals surface area contributed by atoms with E-state index in [4.69, 9.17) is 14.6 Å². The lowest BCUT2D eigenvalue weighted by Crippen LogP contribution is -2.32. The molecule has 0 saturated carbocycles. The van der Waals surface area contributed by atoms with Gasteiger partial charge in [-0.1, -0.05) is 6.82 Å². The molecule has 0 aliphatic carbocycles. The van der Waals surface area contributed by atoms with Gasteiger partial charge in [-0.15, -0.1) is 0 Å². The van der Waals surface area contributed by atoms with E-state index in [2.05, 4.69) is 0 Å². The van der Waals surface area contributed by atoms with Crippen LogP contribution in [0.4, 0.5) is 4.39 Å². The second-order valence-corrected chi connectivity index (χ2v) is 3.28. The Balaban J connectivity index is 2.55. The van der Waals surface area contributed by atoms with E-state index in [1.54, 1.807) is 0 Å². The quantitative estimate of drug-likeness (QED) is 0.630. The van der Waals surface area contributed by atoms with E-state index in [-0.39, 0.29) is 18.7 Å². The summed E-state index contributed by atoms with van der Waals surface area (Å²) < 4.78 is 23.9. The highest BCUT2D eigenvalue weighted by molar-refractivity contribution is 6.35. The molecule has 0 aromatic carbocycles. The number of hydrogen-bond acceptors (Lipinski definition) is 3. The number of aliphatic hydroxyl groups is 1. The molecule has 1 aliphatic heterocycles. The van der Waals surface area contributed by atoms with Crippen LogP contribution in [0.2, 0.25) is 6.82 Å². The topological polar surface area (TPSA) is 38.7 Å². The Morgan fingerprint density at radius 3 is 2.77 bits per heavy atom. The van der Waals surface area contributed by atoms with Crippen LogP contribution >= 0.6 is 0 Å². The van der Waals surface area contributed by atoms with Crippen molar-refractivity contribution in [3.63, 3.8) is 0 Å². The summed E-state index contributed by atoms with van der Waals surface area (Å²) >= 11 is 0. The van der Waals surface area contributed by atoms with Gasteiger partial charge in [0.05, 0.1) is 12.1 Å². The molecule has 76 valence electrons. The number of halogens is 1. The zero-order valence-electron chi connectivity index (χ0n) is 8.07. The molecule has 1 N–H and O–H groups in total. The molecule has 0 aromatic heterocycles. The molecule has 0 aromatic rings. The molecule has 0 amide bonds. The van der Waals surface area contributed by atoms with Gasteiger partial charge in [0, 0.05) is 13.7 Å². The summed E-state index contributed by atoms with van der Waals surface area (Å²) in [7, 11) is 2.12. The third-order valence-electron chi connectivity index (χ3n) is 2.47. The van der Waals surface area contributed by atoms with Crippen molar-refractivity contribution >= 4 is 7.28 Å². The van der Waals surface area contributed by atoms with E-state index in [1.165, 1.54) is 7.11 Å². The molecule has 1 fully saturated rings. The first kappa shape index (κ1) is 11.0. The van der Waals surface area contributed by atoms with Crippen LogP contribution in [0.5, 0.6) is 0 Å². The molecule has 4 atom stereocenters. The van der Waals surface area contributed by atoms with Crippen molar-refractivity contribution in [2.75, 3.05) is 13.7 Å². The third-order valence-corrected chi connectivity index (χ3v) is 2.47. The van der Waals surface area contributed by atoms with Crippen molar-refractivity contribution < 1.29 is 19.0 Å². The van der Waals surface area contributed by atoms with Gasteiger partial charge in [0.2, 0.25) is 0 Å². The Morgan fingerprint density at radius 1 is 1.62 bits per heavy atom. The monoisotopic (exact) mass is 190 g/mol. The first-order valence-electron chi connectivity index (χ1n) is 4.67. The molecule has 0 bridgehead atoms. The largest absolute Gasteiger partial charge is 0.396 e. The van der Waals surface area contributed by atoms with E-state index in [0.717, 1.165) is 0 Å². The zero-order chi connectivity index (χ0) is 9.84. The Hall–Kier alpha value is -0.125. The average Bonchev–Trinajstić information content (AvgIpc) is 2.43. The molecular weight excluding hydrogens is 174 g/mol. The van der Waals surface area contributed by atoms with Gasteiger partial charge in [-0.25, -0.2) is 4.39 Å². The van der Waals surface area contributed by atoms with Crippen LogP contribution in [0, 0.1) is 0 Å². The van der Waals surface area contributed by atoms with Crippen molar-refractivity contribution in [1.29, 1.82) is 0 Å². The van der Waals surface area contributed by atoms with Crippen molar-refractivity contribution in [3.05, 3.63) is 0 Å². The van der Waals surface area contributed by atoms with Gasteiger partial charge in [0.25, 0.3) is 0 Å². The molecule has 0 radical (unpaired) electrons. The maximum atomic E-state index is 13.5. The summed E-state index contributed by atoms with van der Waals surface area (Å²) in [6, 6.07) is -0.374. The van der Waals surface area contributed by atoms with Gasteiger partial charge in [-0.05, 0) is 6.42 Å². The molecule has 13 heavy (non-hydrogen) atoms. The second kappa shape index (κ2) is 4.93. The van der Waals surface area contributed by atoms with Crippen LogP contribution in [-0.2, 0) is 9.47 Å². The van der Waals surface area contributed by atoms with Crippen LogP contribution in [-0.4, -0.2) is 50.5 Å². The first-order valence-corrected chi connectivity index (χ1v) is 4.67. The second-order valence-electron chi connectivity index (χ2n) is 3.28. The third kappa shape index (κ3) is 2.21. The molecule has 1 saturated heterocycles. The van der Waals surface area contributed by atoms with Gasteiger partial charge < -0.3 is 14.6 Å². The maximum absolute atomic E-state index is 13.5. The molecule has 0 spiro atoms. The lowest BCUT2D eigenvalue weighted by atomic mass is 9.72. The van der Waals surface area contributed by atoms with Crippen LogP contribution in [0.3, 0.4) is 0 Å². The van der Waals surface area contributed by atoms with Gasteiger partial charge in [0.1, 0.15) is 12.3 Å². The lowest BCUT2D eigenvalue weighted by Gasteiger charge is -2.16. The van der Waals surface area contributed by atoms with Crippen molar-refractivity contribution in [2.24, 2.45) is 0 Å². The molecular formula is C8H16BFO3. The van der Waals surface area contributed by atoms with Gasteiger partial charge in [0.15, 0.2) is 7.28 Å². The summed E-state index contributed by atoms with van der Waals surface area (Å²) in [6.07, 6.45) is -1.44. The standard InChI is InChI=1S/C8H16BFO3/c1-9-8-6(10)7(12-2)5(13-8)3-4-11/h5-9,11H,3-4H2,1-2H3/t5-,6?,7+,8-/m1/s1. The highest BCUT2D eigenvalue weighted by atomic mass is 19.1. The Bertz CT molecular complexity index is 158. The van der Waals surface area contributed by atoms with E-state index in [9.17, 15) is 4.39 Å². The summed E-state index contributed by atoms with van der Waals surface area (Å²) in [5.41, 5.74) is 0. The highest BCUT2D eigenvalue weighted by Crippen LogP contribution is 2.27. The molecule has 3 nitrogen and oxygen atoms in total. The predicted octanol–water partition coefficient (Wildman–Crippen LogP) is -0.0686. The van der Waals surface area contributed by atoms with E-state index in [0.29, 0.717) is 13.7 Å². The van der Waals surface area contributed by atoms with Gasteiger partial charge in [-0.2, -0.15) is 0 Å². The van der Waals surface area contributed by atoms with E-state index >= 15 is 0 Å². The zero-order valence-corrected chi connectivity index (χ0v) is 8.07. The van der Waals surface area contributed by atoms with Crippen LogP contribution in [0.15, 0.2) is 0 Å². The van der Waals surface area contributed by atoms with E-state index in [1.807, 2.05) is 6.82 Å². The fourth-order valence-electron chi connectivity index (χ4n) is 1.76. The minimum Gasteiger partial charge on any atom is -0.396 e.